The van der Waals surface area contributed by atoms with E-state index in [4.69, 9.17) is 11.6 Å². The Labute approximate surface area is 134 Å². The second-order valence-corrected chi connectivity index (χ2v) is 5.67. The minimum atomic E-state index is -2.18. The molecule has 1 heterocycles. The molecule has 0 spiro atoms. The number of aryl methyl sites for hydroxylation is 1. The number of pyridine rings is 1. The van der Waals surface area contributed by atoms with E-state index in [1.807, 2.05) is 0 Å². The lowest BCUT2D eigenvalue weighted by atomic mass is 10.0. The number of aromatic nitrogens is 1. The van der Waals surface area contributed by atoms with Crippen LogP contribution >= 0.6 is 11.6 Å². The van der Waals surface area contributed by atoms with Crippen LogP contribution in [0.1, 0.15) is 56.9 Å². The molecule has 1 rings (SSSR count). The molecule has 0 atom stereocenters. The number of rotatable bonds is 11. The minimum Gasteiger partial charge on any atom is -0.258 e. The van der Waals surface area contributed by atoms with Gasteiger partial charge < -0.3 is 0 Å². The largest absolute Gasteiger partial charge is 0.306 e. The third-order valence-electron chi connectivity index (χ3n) is 3.46. The highest BCUT2D eigenvalue weighted by molar-refractivity contribution is 6.31. The molecule has 0 saturated heterocycles. The van der Waals surface area contributed by atoms with Crippen LogP contribution in [0.5, 0.6) is 0 Å². The molecular weight excluding hydrogens is 314 g/mol. The number of hydrogen-bond acceptors (Lipinski definition) is 3. The Hall–Kier alpha value is -1.30. The maximum absolute atomic E-state index is 11.9. The van der Waals surface area contributed by atoms with Crippen molar-refractivity contribution in [2.45, 2.75) is 64.2 Å². The Bertz CT molecular complexity index is 473. The van der Waals surface area contributed by atoms with Crippen molar-refractivity contribution in [2.24, 2.45) is 0 Å². The molecule has 0 aliphatic rings. The van der Waals surface area contributed by atoms with Gasteiger partial charge in [-0.15, -0.1) is 0 Å². The summed E-state index contributed by atoms with van der Waals surface area (Å²) in [5, 5.41) is 10.7. The Morgan fingerprint density at radius 1 is 1.14 bits per heavy atom. The molecule has 0 unspecified atom stereocenters. The molecule has 0 aliphatic carbocycles. The molecule has 0 N–H and O–H groups in total. The number of halogens is 3. The molecule has 0 fully saturated rings. The predicted molar refractivity (Wildman–Crippen MR) is 82.5 cm³/mol. The average molecular weight is 335 g/mol. The van der Waals surface area contributed by atoms with Crippen LogP contribution in [0.2, 0.25) is 5.15 Å². The second-order valence-electron chi connectivity index (χ2n) is 5.32. The smallest absolute Gasteiger partial charge is 0.258 e. The fourth-order valence-corrected chi connectivity index (χ4v) is 2.43. The molecule has 1 aromatic heterocycles. The first-order valence-corrected chi connectivity index (χ1v) is 7.95. The van der Waals surface area contributed by atoms with E-state index in [0.29, 0.717) is 6.42 Å². The van der Waals surface area contributed by atoms with Crippen LogP contribution < -0.4 is 0 Å². The van der Waals surface area contributed by atoms with Gasteiger partial charge in [0.25, 0.3) is 0 Å². The van der Waals surface area contributed by atoms with Gasteiger partial charge in [0, 0.05) is 18.7 Å². The van der Waals surface area contributed by atoms with Crippen LogP contribution in [0.3, 0.4) is 0 Å². The summed E-state index contributed by atoms with van der Waals surface area (Å²) in [7, 11) is 0. The number of hydrogen-bond donors (Lipinski definition) is 0. The molecule has 0 radical (unpaired) electrons. The van der Waals surface area contributed by atoms with E-state index in [9.17, 15) is 18.9 Å². The van der Waals surface area contributed by atoms with E-state index >= 15 is 0 Å². The summed E-state index contributed by atoms with van der Waals surface area (Å²) in [5.74, 6) is 0. The zero-order valence-electron chi connectivity index (χ0n) is 12.4. The van der Waals surface area contributed by atoms with Crippen molar-refractivity contribution in [3.05, 3.63) is 33.1 Å². The summed E-state index contributed by atoms with van der Waals surface area (Å²) in [4.78, 5) is 14.0. The molecule has 4 nitrogen and oxygen atoms in total. The number of nitro groups is 1. The zero-order valence-corrected chi connectivity index (χ0v) is 13.2. The molecule has 0 bridgehead atoms. The van der Waals surface area contributed by atoms with Crippen molar-refractivity contribution in [2.75, 3.05) is 0 Å². The van der Waals surface area contributed by atoms with E-state index in [2.05, 4.69) is 4.98 Å². The third-order valence-corrected chi connectivity index (χ3v) is 3.75. The number of nitrogens with zero attached hydrogens (tertiary/aromatic N) is 2. The highest BCUT2D eigenvalue weighted by atomic mass is 35.5. The van der Waals surface area contributed by atoms with Gasteiger partial charge >= 0.3 is 5.69 Å². The molecule has 0 aliphatic heterocycles. The lowest BCUT2D eigenvalue weighted by Crippen LogP contribution is -1.95. The van der Waals surface area contributed by atoms with Crippen LogP contribution in [0.15, 0.2) is 12.3 Å². The number of alkyl halides is 2. The maximum atomic E-state index is 11.9. The van der Waals surface area contributed by atoms with Gasteiger partial charge in [0.05, 0.1) is 4.92 Å². The van der Waals surface area contributed by atoms with E-state index in [1.54, 1.807) is 6.20 Å². The normalized spacial score (nSPS) is 11.1. The molecule has 0 amide bonds. The van der Waals surface area contributed by atoms with Gasteiger partial charge in [-0.2, -0.15) is 0 Å². The van der Waals surface area contributed by atoms with E-state index < -0.39 is 11.3 Å². The Balaban J connectivity index is 2.12. The first kappa shape index (κ1) is 18.7. The summed E-state index contributed by atoms with van der Waals surface area (Å²) in [6.45, 7) is 0. The van der Waals surface area contributed by atoms with Crippen LogP contribution in [0.4, 0.5) is 14.5 Å². The molecule has 7 heteroatoms. The van der Waals surface area contributed by atoms with E-state index in [1.165, 1.54) is 6.07 Å². The molecular formula is C15H21ClF2N2O2. The Morgan fingerprint density at radius 2 is 1.73 bits per heavy atom. The standard InChI is InChI=1S/C15H21ClF2N2O2/c16-15-13(20(21)22)10-12(11-19-15)8-6-4-2-1-3-5-7-9-14(17)18/h10-11,14H,1-9H2. The van der Waals surface area contributed by atoms with Gasteiger partial charge in [0.15, 0.2) is 0 Å². The first-order valence-electron chi connectivity index (χ1n) is 7.57. The monoisotopic (exact) mass is 334 g/mol. The summed E-state index contributed by atoms with van der Waals surface area (Å²) in [5.41, 5.74) is 0.659. The van der Waals surface area contributed by atoms with Crippen LogP contribution in [-0.2, 0) is 6.42 Å². The zero-order chi connectivity index (χ0) is 16.4. The van der Waals surface area contributed by atoms with E-state index in [-0.39, 0.29) is 17.3 Å². The average Bonchev–Trinajstić information content (AvgIpc) is 2.46. The van der Waals surface area contributed by atoms with Gasteiger partial charge in [-0.25, -0.2) is 13.8 Å². The van der Waals surface area contributed by atoms with Crippen molar-refractivity contribution in [3.8, 4) is 0 Å². The second kappa shape index (κ2) is 10.4. The van der Waals surface area contributed by atoms with Crippen molar-refractivity contribution in [1.29, 1.82) is 0 Å². The van der Waals surface area contributed by atoms with Crippen molar-refractivity contribution in [3.63, 3.8) is 0 Å². The molecule has 22 heavy (non-hydrogen) atoms. The van der Waals surface area contributed by atoms with Crippen molar-refractivity contribution in [1.82, 2.24) is 4.98 Å². The lowest BCUT2D eigenvalue weighted by Gasteiger charge is -2.03. The highest BCUT2D eigenvalue weighted by Crippen LogP contribution is 2.23. The van der Waals surface area contributed by atoms with Gasteiger partial charge in [-0.05, 0) is 24.8 Å². The van der Waals surface area contributed by atoms with Crippen LogP contribution in [0.25, 0.3) is 0 Å². The van der Waals surface area contributed by atoms with Gasteiger partial charge in [0.2, 0.25) is 11.6 Å². The van der Waals surface area contributed by atoms with E-state index in [0.717, 1.165) is 50.5 Å². The lowest BCUT2D eigenvalue weighted by molar-refractivity contribution is -0.385. The highest BCUT2D eigenvalue weighted by Gasteiger charge is 2.13. The van der Waals surface area contributed by atoms with Crippen molar-refractivity contribution < 1.29 is 13.7 Å². The molecule has 1 aromatic rings. The fraction of sp³-hybridized carbons (Fsp3) is 0.667. The van der Waals surface area contributed by atoms with Gasteiger partial charge in [-0.3, -0.25) is 10.1 Å². The van der Waals surface area contributed by atoms with Crippen molar-refractivity contribution >= 4 is 17.3 Å². The summed E-state index contributed by atoms with van der Waals surface area (Å²) >= 11 is 5.66. The fourth-order valence-electron chi connectivity index (χ4n) is 2.25. The Morgan fingerprint density at radius 3 is 2.32 bits per heavy atom. The minimum absolute atomic E-state index is 0.00233. The van der Waals surface area contributed by atoms with Crippen LogP contribution in [-0.4, -0.2) is 16.3 Å². The van der Waals surface area contributed by atoms with Crippen LogP contribution in [0, 0.1) is 10.1 Å². The van der Waals surface area contributed by atoms with Gasteiger partial charge in [0.1, 0.15) is 0 Å². The summed E-state index contributed by atoms with van der Waals surface area (Å²) in [6, 6.07) is 1.47. The molecule has 0 aromatic carbocycles. The quantitative estimate of drug-likeness (QED) is 0.230. The summed E-state index contributed by atoms with van der Waals surface area (Å²) < 4.78 is 23.8. The first-order chi connectivity index (χ1) is 10.5. The summed E-state index contributed by atoms with van der Waals surface area (Å²) in [6.07, 6.45) is 6.61. The Kier molecular flexibility index (Phi) is 8.89. The molecule has 0 saturated carbocycles. The SMILES string of the molecule is O=[N+]([O-])c1cc(CCCCCCCCCC(F)F)cnc1Cl. The predicted octanol–water partition coefficient (Wildman–Crippen LogP) is 5.57. The van der Waals surface area contributed by atoms with Gasteiger partial charge in [-0.1, -0.05) is 43.7 Å². The molecule has 124 valence electrons. The topological polar surface area (TPSA) is 56.0 Å². The number of unbranched alkanes of at least 4 members (excludes halogenated alkanes) is 6. The maximum Gasteiger partial charge on any atom is 0.306 e. The third kappa shape index (κ3) is 7.64.